The van der Waals surface area contributed by atoms with Crippen LogP contribution in [0.25, 0.3) is 0 Å². The summed E-state index contributed by atoms with van der Waals surface area (Å²) >= 11 is 0. The Morgan fingerprint density at radius 2 is 2.08 bits per heavy atom. The highest BCUT2D eigenvalue weighted by molar-refractivity contribution is 5.78. The Morgan fingerprint density at radius 1 is 1.33 bits per heavy atom. The molecule has 0 aromatic rings. The predicted octanol–water partition coefficient (Wildman–Crippen LogP) is 3.98. The van der Waals surface area contributed by atoms with Gasteiger partial charge in [-0.25, -0.2) is 0 Å². The van der Waals surface area contributed by atoms with Crippen molar-refractivity contribution in [3.8, 4) is 0 Å². The van der Waals surface area contributed by atoms with E-state index < -0.39 is 18.0 Å². The maximum atomic E-state index is 13.2. The summed E-state index contributed by atoms with van der Waals surface area (Å²) in [6.07, 6.45) is 0.348. The molecule has 1 amide bonds. The van der Waals surface area contributed by atoms with Crippen LogP contribution in [0, 0.1) is 17.3 Å². The van der Waals surface area contributed by atoms with Crippen molar-refractivity contribution in [2.24, 2.45) is 17.3 Å². The van der Waals surface area contributed by atoms with Crippen molar-refractivity contribution in [3.63, 3.8) is 0 Å². The highest BCUT2D eigenvalue weighted by atomic mass is 19.4. The van der Waals surface area contributed by atoms with E-state index in [4.69, 9.17) is 0 Å². The Kier molecular flexibility index (Phi) is 6.57. The van der Waals surface area contributed by atoms with Crippen LogP contribution in [0.2, 0.25) is 0 Å². The molecule has 0 aliphatic carbocycles. The number of amides is 1. The molecule has 2 heterocycles. The monoisotopic (exact) mass is 348 g/mol. The highest BCUT2D eigenvalue weighted by Crippen LogP contribution is 2.39. The first kappa shape index (κ1) is 19.5. The van der Waals surface area contributed by atoms with Crippen molar-refractivity contribution in [3.05, 3.63) is 0 Å². The van der Waals surface area contributed by atoms with Crippen LogP contribution in [0.15, 0.2) is 0 Å². The smallest absolute Gasteiger partial charge is 0.342 e. The quantitative estimate of drug-likeness (QED) is 0.787. The van der Waals surface area contributed by atoms with E-state index in [1.165, 1.54) is 0 Å². The summed E-state index contributed by atoms with van der Waals surface area (Å²) in [5.74, 6) is -2.01. The minimum Gasteiger partial charge on any atom is -0.342 e. The van der Waals surface area contributed by atoms with E-state index in [-0.39, 0.29) is 24.2 Å². The van der Waals surface area contributed by atoms with Gasteiger partial charge in [-0.2, -0.15) is 13.2 Å². The van der Waals surface area contributed by atoms with Crippen molar-refractivity contribution >= 4 is 5.91 Å². The molecule has 140 valence electrons. The summed E-state index contributed by atoms with van der Waals surface area (Å²) < 4.78 is 39.6. The van der Waals surface area contributed by atoms with Gasteiger partial charge in [0.25, 0.3) is 0 Å². The normalized spacial score (nSPS) is 27.5. The van der Waals surface area contributed by atoms with E-state index in [9.17, 15) is 18.0 Å². The molecule has 0 aromatic heterocycles. The lowest BCUT2D eigenvalue weighted by atomic mass is 9.80. The van der Waals surface area contributed by atoms with Crippen LogP contribution in [0.5, 0.6) is 0 Å². The van der Waals surface area contributed by atoms with Gasteiger partial charge in [-0.05, 0) is 38.6 Å². The van der Waals surface area contributed by atoms with E-state index in [1.54, 1.807) is 6.92 Å². The number of rotatable bonds is 6. The van der Waals surface area contributed by atoms with Crippen LogP contribution in [0.3, 0.4) is 0 Å². The Labute approximate surface area is 143 Å². The third-order valence-electron chi connectivity index (χ3n) is 5.74. The molecule has 2 saturated heterocycles. The predicted molar refractivity (Wildman–Crippen MR) is 88.6 cm³/mol. The van der Waals surface area contributed by atoms with E-state index in [0.29, 0.717) is 19.5 Å². The number of likely N-dealkylation sites (tertiary alicyclic amines) is 1. The summed E-state index contributed by atoms with van der Waals surface area (Å²) in [7, 11) is 0. The molecule has 1 spiro atoms. The fourth-order valence-electron chi connectivity index (χ4n) is 4.21. The first-order valence-electron chi connectivity index (χ1n) is 9.34. The van der Waals surface area contributed by atoms with Gasteiger partial charge in [-0.15, -0.1) is 0 Å². The number of nitrogens with one attached hydrogen (secondary N) is 1. The van der Waals surface area contributed by atoms with Gasteiger partial charge in [0.15, 0.2) is 0 Å². The molecular formula is C18H31F3N2O. The molecule has 3 atom stereocenters. The third-order valence-corrected chi connectivity index (χ3v) is 5.74. The molecule has 6 heteroatoms. The maximum absolute atomic E-state index is 13.2. The number of hydrogen-bond donors (Lipinski definition) is 1. The van der Waals surface area contributed by atoms with Gasteiger partial charge >= 0.3 is 6.18 Å². The molecule has 0 aromatic carbocycles. The average Bonchev–Trinajstić information content (AvgIpc) is 2.93. The summed E-state index contributed by atoms with van der Waals surface area (Å²) in [5, 5.41) is 3.39. The molecule has 0 bridgehead atoms. The van der Waals surface area contributed by atoms with E-state index in [2.05, 4.69) is 5.32 Å². The topological polar surface area (TPSA) is 32.3 Å². The first-order valence-corrected chi connectivity index (χ1v) is 9.34. The van der Waals surface area contributed by atoms with Gasteiger partial charge in [-0.1, -0.05) is 26.7 Å². The second-order valence-electron chi connectivity index (χ2n) is 7.81. The van der Waals surface area contributed by atoms with Crippen molar-refractivity contribution in [2.75, 3.05) is 26.2 Å². The van der Waals surface area contributed by atoms with Crippen molar-refractivity contribution < 1.29 is 18.0 Å². The van der Waals surface area contributed by atoms with Gasteiger partial charge in [0.05, 0.1) is 5.92 Å². The first-order chi connectivity index (χ1) is 11.3. The lowest BCUT2D eigenvalue weighted by Crippen LogP contribution is -2.43. The van der Waals surface area contributed by atoms with Crippen LogP contribution in [0.1, 0.15) is 58.8 Å². The van der Waals surface area contributed by atoms with Gasteiger partial charge in [0.1, 0.15) is 0 Å². The summed E-state index contributed by atoms with van der Waals surface area (Å²) in [6, 6.07) is 0. The number of nitrogens with zero attached hydrogens (tertiary/aromatic N) is 1. The summed E-state index contributed by atoms with van der Waals surface area (Å²) in [5.41, 5.74) is 0.152. The van der Waals surface area contributed by atoms with E-state index in [0.717, 1.165) is 38.8 Å². The minimum atomic E-state index is -4.21. The number of alkyl halides is 3. The number of carbonyl (C=O) groups is 1. The number of piperidine rings is 1. The van der Waals surface area contributed by atoms with Gasteiger partial charge in [0, 0.05) is 31.0 Å². The number of hydrogen-bond acceptors (Lipinski definition) is 2. The fraction of sp³-hybridized carbons (Fsp3) is 0.944. The lowest BCUT2D eigenvalue weighted by Gasteiger charge is -2.34. The zero-order valence-corrected chi connectivity index (χ0v) is 14.9. The molecule has 2 aliphatic heterocycles. The highest BCUT2D eigenvalue weighted by Gasteiger charge is 2.44. The van der Waals surface area contributed by atoms with Crippen LogP contribution in [-0.4, -0.2) is 43.2 Å². The zero-order valence-electron chi connectivity index (χ0n) is 14.9. The second-order valence-corrected chi connectivity index (χ2v) is 7.81. The SMILES string of the molecule is CCCCC(CC(C)C(=O)N1CCC2(CCCNC2)C1)C(F)(F)F. The summed E-state index contributed by atoms with van der Waals surface area (Å²) in [4.78, 5) is 14.5. The van der Waals surface area contributed by atoms with Gasteiger partial charge < -0.3 is 10.2 Å². The largest absolute Gasteiger partial charge is 0.391 e. The number of carbonyl (C=O) groups excluding carboxylic acids is 1. The van der Waals surface area contributed by atoms with Crippen molar-refractivity contribution in [1.82, 2.24) is 10.2 Å². The Morgan fingerprint density at radius 3 is 2.67 bits per heavy atom. The lowest BCUT2D eigenvalue weighted by molar-refractivity contribution is -0.182. The average molecular weight is 348 g/mol. The molecule has 2 aliphatic rings. The minimum absolute atomic E-state index is 0.0793. The van der Waals surface area contributed by atoms with Crippen LogP contribution in [-0.2, 0) is 4.79 Å². The standard InChI is InChI=1S/C18H31F3N2O/c1-3-4-6-15(18(19,20)21)11-14(2)16(24)23-10-8-17(13-23)7-5-9-22-12-17/h14-15,22H,3-13H2,1-2H3. The van der Waals surface area contributed by atoms with Gasteiger partial charge in [-0.3, -0.25) is 4.79 Å². The molecule has 1 N–H and O–H groups in total. The molecule has 3 unspecified atom stereocenters. The van der Waals surface area contributed by atoms with E-state index >= 15 is 0 Å². The van der Waals surface area contributed by atoms with Crippen molar-refractivity contribution in [1.29, 1.82) is 0 Å². The molecule has 2 fully saturated rings. The summed E-state index contributed by atoms with van der Waals surface area (Å²) in [6.45, 7) is 6.90. The molecular weight excluding hydrogens is 317 g/mol. The maximum Gasteiger partial charge on any atom is 0.391 e. The molecule has 2 rings (SSSR count). The third kappa shape index (κ3) is 4.87. The number of unbranched alkanes of at least 4 members (excludes halogenated alkanes) is 1. The molecule has 0 radical (unpaired) electrons. The zero-order chi connectivity index (χ0) is 17.8. The van der Waals surface area contributed by atoms with Crippen molar-refractivity contribution in [2.45, 2.75) is 65.0 Å². The van der Waals surface area contributed by atoms with Crippen LogP contribution < -0.4 is 5.32 Å². The van der Waals surface area contributed by atoms with Gasteiger partial charge in [0.2, 0.25) is 5.91 Å². The molecule has 3 nitrogen and oxygen atoms in total. The second kappa shape index (κ2) is 8.07. The Hall–Kier alpha value is -0.780. The fourth-order valence-corrected chi connectivity index (χ4v) is 4.21. The number of halogens is 3. The van der Waals surface area contributed by atoms with E-state index in [1.807, 2.05) is 11.8 Å². The van der Waals surface area contributed by atoms with Crippen LogP contribution >= 0.6 is 0 Å². The Bertz CT molecular complexity index is 419. The Balaban J connectivity index is 1.91. The molecule has 0 saturated carbocycles. The molecule has 24 heavy (non-hydrogen) atoms. The van der Waals surface area contributed by atoms with Crippen LogP contribution in [0.4, 0.5) is 13.2 Å².